The molecule has 0 aliphatic carbocycles. The number of pyridine rings is 1. The van der Waals surface area contributed by atoms with E-state index >= 15 is 0 Å². The molecule has 0 radical (unpaired) electrons. The smallest absolute Gasteiger partial charge is 0.125 e. The first-order chi connectivity index (χ1) is 10.3. The van der Waals surface area contributed by atoms with Gasteiger partial charge in [-0.1, -0.05) is 18.2 Å². The van der Waals surface area contributed by atoms with E-state index in [1.54, 1.807) is 0 Å². The van der Waals surface area contributed by atoms with Gasteiger partial charge in [0.05, 0.1) is 30.1 Å². The molecule has 2 aromatic heterocycles. The molecule has 0 fully saturated rings. The van der Waals surface area contributed by atoms with Gasteiger partial charge in [-0.05, 0) is 23.8 Å². The Balaban J connectivity index is 2.01. The summed E-state index contributed by atoms with van der Waals surface area (Å²) in [6.45, 7) is 0.661. The molecule has 5 heteroatoms. The topological polar surface area (TPSA) is 66.5 Å². The molecular weight excluding hydrogens is 262 g/mol. The molecule has 0 bridgehead atoms. The predicted octanol–water partition coefficient (Wildman–Crippen LogP) is 2.59. The Bertz CT molecular complexity index is 796. The van der Waals surface area contributed by atoms with Gasteiger partial charge in [-0.3, -0.25) is 0 Å². The quantitative estimate of drug-likeness (QED) is 0.796. The van der Waals surface area contributed by atoms with Gasteiger partial charge in [0.1, 0.15) is 11.6 Å². The normalized spacial score (nSPS) is 10.5. The van der Waals surface area contributed by atoms with Crippen LogP contribution in [0, 0.1) is 11.3 Å². The van der Waals surface area contributed by atoms with Crippen LogP contribution in [0.15, 0.2) is 42.6 Å². The summed E-state index contributed by atoms with van der Waals surface area (Å²) in [7, 11) is 1.84. The third-order valence-electron chi connectivity index (χ3n) is 3.39. The summed E-state index contributed by atoms with van der Waals surface area (Å²) in [5.74, 6) is 1.63. The minimum atomic E-state index is 0.302. The zero-order valence-electron chi connectivity index (χ0n) is 11.7. The number of hydrogen-bond donors (Lipinski definition) is 1. The van der Waals surface area contributed by atoms with Crippen molar-refractivity contribution in [1.29, 1.82) is 5.26 Å². The highest BCUT2D eigenvalue weighted by molar-refractivity contribution is 5.76. The van der Waals surface area contributed by atoms with Crippen LogP contribution in [0.1, 0.15) is 11.4 Å². The van der Waals surface area contributed by atoms with Crippen LogP contribution in [-0.4, -0.2) is 21.6 Å². The average Bonchev–Trinajstić information content (AvgIpc) is 2.86. The summed E-state index contributed by atoms with van der Waals surface area (Å²) >= 11 is 0. The predicted molar refractivity (Wildman–Crippen MR) is 81.9 cm³/mol. The lowest BCUT2D eigenvalue weighted by molar-refractivity contribution is 0.767. The van der Waals surface area contributed by atoms with Gasteiger partial charge >= 0.3 is 0 Å². The summed E-state index contributed by atoms with van der Waals surface area (Å²) in [5.41, 5.74) is 3.04. The van der Waals surface area contributed by atoms with E-state index in [2.05, 4.69) is 25.9 Å². The van der Waals surface area contributed by atoms with Crippen LogP contribution < -0.4 is 5.32 Å². The van der Waals surface area contributed by atoms with E-state index in [4.69, 9.17) is 5.26 Å². The maximum Gasteiger partial charge on any atom is 0.125 e. The minimum Gasteiger partial charge on any atom is -0.373 e. The van der Waals surface area contributed by atoms with Gasteiger partial charge in [0.2, 0.25) is 0 Å². The Morgan fingerprint density at radius 2 is 2.10 bits per heavy atom. The molecule has 1 aromatic carbocycles. The zero-order chi connectivity index (χ0) is 14.7. The first-order valence-corrected chi connectivity index (χ1v) is 6.75. The third kappa shape index (κ3) is 2.56. The van der Waals surface area contributed by atoms with Crippen LogP contribution in [0.2, 0.25) is 0 Å². The lowest BCUT2D eigenvalue weighted by Gasteiger charge is -2.08. The van der Waals surface area contributed by atoms with Gasteiger partial charge in [0.25, 0.3) is 0 Å². The zero-order valence-corrected chi connectivity index (χ0v) is 11.7. The van der Waals surface area contributed by atoms with Crippen LogP contribution in [-0.2, 0) is 13.0 Å². The van der Waals surface area contributed by atoms with Crippen LogP contribution >= 0.6 is 0 Å². The van der Waals surface area contributed by atoms with Crippen molar-refractivity contribution in [2.24, 2.45) is 0 Å². The number of para-hydroxylation sites is 2. The highest BCUT2D eigenvalue weighted by atomic mass is 15.1. The first-order valence-electron chi connectivity index (χ1n) is 6.75. The SMILES string of the molecule is CNc1ccc(Cn2c(CC#N)nc3ccccc32)cn1. The van der Waals surface area contributed by atoms with Gasteiger partial charge in [-0.25, -0.2) is 9.97 Å². The van der Waals surface area contributed by atoms with Crippen LogP contribution in [0.3, 0.4) is 0 Å². The number of nitrogens with zero attached hydrogens (tertiary/aromatic N) is 4. The fourth-order valence-corrected chi connectivity index (χ4v) is 2.36. The number of benzene rings is 1. The Labute approximate surface area is 122 Å². The van der Waals surface area contributed by atoms with Gasteiger partial charge in [0, 0.05) is 13.2 Å². The van der Waals surface area contributed by atoms with Gasteiger partial charge in [0.15, 0.2) is 0 Å². The van der Waals surface area contributed by atoms with Gasteiger partial charge < -0.3 is 9.88 Å². The molecule has 21 heavy (non-hydrogen) atoms. The molecule has 3 rings (SSSR count). The van der Waals surface area contributed by atoms with E-state index in [0.29, 0.717) is 13.0 Å². The summed E-state index contributed by atoms with van der Waals surface area (Å²) < 4.78 is 2.08. The number of rotatable bonds is 4. The number of imidazole rings is 1. The third-order valence-corrected chi connectivity index (χ3v) is 3.39. The summed E-state index contributed by atoms with van der Waals surface area (Å²) in [4.78, 5) is 8.86. The largest absolute Gasteiger partial charge is 0.373 e. The molecule has 0 aliphatic heterocycles. The lowest BCUT2D eigenvalue weighted by atomic mass is 10.2. The first kappa shape index (κ1) is 13.1. The van der Waals surface area contributed by atoms with Crippen LogP contribution in [0.5, 0.6) is 0 Å². The van der Waals surface area contributed by atoms with E-state index in [1.807, 2.05) is 49.6 Å². The summed E-state index contributed by atoms with van der Waals surface area (Å²) in [6.07, 6.45) is 2.15. The lowest BCUT2D eigenvalue weighted by Crippen LogP contribution is -2.05. The standard InChI is InChI=1S/C16H15N5/c1-18-15-7-6-12(10-19-15)11-21-14-5-3-2-4-13(14)20-16(21)8-9-17/h2-7,10H,8,11H2,1H3,(H,18,19). The maximum absolute atomic E-state index is 8.98. The van der Waals surface area contributed by atoms with E-state index < -0.39 is 0 Å². The van der Waals surface area contributed by atoms with Crippen molar-refractivity contribution in [1.82, 2.24) is 14.5 Å². The summed E-state index contributed by atoms with van der Waals surface area (Å²) in [6, 6.07) is 14.1. The number of nitrogens with one attached hydrogen (secondary N) is 1. The van der Waals surface area contributed by atoms with Crippen molar-refractivity contribution >= 4 is 16.9 Å². The minimum absolute atomic E-state index is 0.302. The molecule has 1 N–H and O–H groups in total. The summed E-state index contributed by atoms with van der Waals surface area (Å²) in [5, 5.41) is 12.0. The Kier molecular flexibility index (Phi) is 3.52. The Hall–Kier alpha value is -2.87. The second kappa shape index (κ2) is 5.63. The van der Waals surface area contributed by atoms with Crippen molar-refractivity contribution < 1.29 is 0 Å². The molecule has 5 nitrogen and oxygen atoms in total. The monoisotopic (exact) mass is 277 g/mol. The maximum atomic E-state index is 8.98. The van der Waals surface area contributed by atoms with Crippen LogP contribution in [0.4, 0.5) is 5.82 Å². The second-order valence-electron chi connectivity index (χ2n) is 4.74. The number of hydrogen-bond acceptors (Lipinski definition) is 4. The Morgan fingerprint density at radius 1 is 1.24 bits per heavy atom. The van der Waals surface area contributed by atoms with Crippen molar-refractivity contribution in [3.05, 3.63) is 54.0 Å². The van der Waals surface area contributed by atoms with Crippen molar-refractivity contribution in [3.63, 3.8) is 0 Å². The van der Waals surface area contributed by atoms with E-state index in [1.165, 1.54) is 0 Å². The Morgan fingerprint density at radius 3 is 2.81 bits per heavy atom. The van der Waals surface area contributed by atoms with Crippen LogP contribution in [0.25, 0.3) is 11.0 Å². The molecule has 0 unspecified atom stereocenters. The number of fused-ring (bicyclic) bond motifs is 1. The fraction of sp³-hybridized carbons (Fsp3) is 0.188. The molecule has 0 atom stereocenters. The van der Waals surface area contributed by atoms with Crippen molar-refractivity contribution in [3.8, 4) is 6.07 Å². The second-order valence-corrected chi connectivity index (χ2v) is 4.74. The van der Waals surface area contributed by atoms with Crippen molar-refractivity contribution in [2.75, 3.05) is 12.4 Å². The van der Waals surface area contributed by atoms with E-state index in [0.717, 1.165) is 28.2 Å². The number of anilines is 1. The highest BCUT2D eigenvalue weighted by Crippen LogP contribution is 2.18. The molecular formula is C16H15N5. The molecule has 0 saturated carbocycles. The molecule has 0 amide bonds. The van der Waals surface area contributed by atoms with Gasteiger partial charge in [-0.2, -0.15) is 5.26 Å². The molecule has 0 spiro atoms. The van der Waals surface area contributed by atoms with Crippen molar-refractivity contribution in [2.45, 2.75) is 13.0 Å². The fourth-order valence-electron chi connectivity index (χ4n) is 2.36. The highest BCUT2D eigenvalue weighted by Gasteiger charge is 2.10. The number of aromatic nitrogens is 3. The molecule has 0 aliphatic rings. The number of nitriles is 1. The van der Waals surface area contributed by atoms with E-state index in [-0.39, 0.29) is 0 Å². The molecule has 104 valence electrons. The average molecular weight is 277 g/mol. The van der Waals surface area contributed by atoms with Gasteiger partial charge in [-0.15, -0.1) is 0 Å². The molecule has 2 heterocycles. The molecule has 0 saturated heterocycles. The van der Waals surface area contributed by atoms with E-state index in [9.17, 15) is 0 Å². The molecule has 3 aromatic rings.